The summed E-state index contributed by atoms with van der Waals surface area (Å²) in [6.07, 6.45) is 4.48. The third-order valence-electron chi connectivity index (χ3n) is 6.80. The maximum Gasteiger partial charge on any atom is 0.331 e. The number of nitrogens with zero attached hydrogens (tertiary/aromatic N) is 2. The first kappa shape index (κ1) is 23.3. The SMILES string of the molecule is O=C(NCc1ccco1)C1CCC(Cn2c(=O)c3sccc3n(Cc3ccccc3F)c2=O)CC1. The molecule has 1 aliphatic carbocycles. The summed E-state index contributed by atoms with van der Waals surface area (Å²) < 4.78 is 22.8. The maximum absolute atomic E-state index is 14.3. The lowest BCUT2D eigenvalue weighted by atomic mass is 9.81. The summed E-state index contributed by atoms with van der Waals surface area (Å²) in [5.74, 6) is 0.361. The molecular weight excluding hydrogens is 469 g/mol. The summed E-state index contributed by atoms with van der Waals surface area (Å²) in [5, 5.41) is 4.70. The molecule has 9 heteroatoms. The molecule has 0 radical (unpaired) electrons. The average Bonchev–Trinajstić information content (AvgIpc) is 3.57. The van der Waals surface area contributed by atoms with Crippen molar-refractivity contribution in [1.82, 2.24) is 14.5 Å². The Morgan fingerprint density at radius 3 is 2.60 bits per heavy atom. The number of aromatic nitrogens is 2. The third kappa shape index (κ3) is 4.86. The number of hydrogen-bond donors (Lipinski definition) is 1. The molecule has 1 saturated carbocycles. The fourth-order valence-corrected chi connectivity index (χ4v) is 5.68. The van der Waals surface area contributed by atoms with Gasteiger partial charge in [0.25, 0.3) is 5.56 Å². The summed E-state index contributed by atoms with van der Waals surface area (Å²) in [7, 11) is 0. The molecule has 0 bridgehead atoms. The molecule has 0 atom stereocenters. The van der Waals surface area contributed by atoms with E-state index in [0.29, 0.717) is 47.5 Å². The number of hydrogen-bond acceptors (Lipinski definition) is 5. The lowest BCUT2D eigenvalue weighted by Crippen LogP contribution is -2.42. The van der Waals surface area contributed by atoms with Crippen LogP contribution in [0.3, 0.4) is 0 Å². The molecule has 1 N–H and O–H groups in total. The zero-order valence-electron chi connectivity index (χ0n) is 19.1. The molecule has 0 aliphatic heterocycles. The van der Waals surface area contributed by atoms with Crippen LogP contribution in [0.4, 0.5) is 4.39 Å². The van der Waals surface area contributed by atoms with Crippen LogP contribution in [0, 0.1) is 17.7 Å². The van der Waals surface area contributed by atoms with Crippen molar-refractivity contribution in [3.8, 4) is 0 Å². The zero-order valence-corrected chi connectivity index (χ0v) is 19.9. The van der Waals surface area contributed by atoms with Crippen LogP contribution in [-0.4, -0.2) is 15.0 Å². The van der Waals surface area contributed by atoms with Crippen LogP contribution in [0.1, 0.15) is 37.0 Å². The van der Waals surface area contributed by atoms with Crippen molar-refractivity contribution in [1.29, 1.82) is 0 Å². The highest BCUT2D eigenvalue weighted by molar-refractivity contribution is 7.17. The number of rotatable bonds is 7. The van der Waals surface area contributed by atoms with Gasteiger partial charge in [-0.2, -0.15) is 0 Å². The van der Waals surface area contributed by atoms with Crippen LogP contribution in [0.2, 0.25) is 0 Å². The van der Waals surface area contributed by atoms with Crippen molar-refractivity contribution in [3.05, 3.63) is 92.1 Å². The van der Waals surface area contributed by atoms with Gasteiger partial charge in [0.15, 0.2) is 0 Å². The van der Waals surface area contributed by atoms with E-state index in [4.69, 9.17) is 4.42 Å². The Hall–Kier alpha value is -3.46. The molecule has 0 spiro atoms. The Morgan fingerprint density at radius 2 is 1.86 bits per heavy atom. The summed E-state index contributed by atoms with van der Waals surface area (Å²) in [4.78, 5) is 39.1. The van der Waals surface area contributed by atoms with Gasteiger partial charge in [0.05, 0.1) is 24.9 Å². The minimum atomic E-state index is -0.428. The van der Waals surface area contributed by atoms with Gasteiger partial charge < -0.3 is 9.73 Å². The van der Waals surface area contributed by atoms with E-state index < -0.39 is 5.69 Å². The molecular formula is C26H26FN3O4S. The van der Waals surface area contributed by atoms with Gasteiger partial charge in [-0.1, -0.05) is 18.2 Å². The second-order valence-corrected chi connectivity index (χ2v) is 9.94. The van der Waals surface area contributed by atoms with Gasteiger partial charge in [0.2, 0.25) is 5.91 Å². The molecule has 1 aromatic carbocycles. The maximum atomic E-state index is 14.3. The Morgan fingerprint density at radius 1 is 1.06 bits per heavy atom. The fraction of sp³-hybridized carbons (Fsp3) is 0.346. The van der Waals surface area contributed by atoms with E-state index >= 15 is 0 Å². The minimum absolute atomic E-state index is 0.00395. The van der Waals surface area contributed by atoms with Crippen molar-refractivity contribution in [3.63, 3.8) is 0 Å². The third-order valence-corrected chi connectivity index (χ3v) is 7.69. The Bertz CT molecular complexity index is 1450. The van der Waals surface area contributed by atoms with E-state index in [1.165, 1.54) is 26.5 Å². The summed E-state index contributed by atoms with van der Waals surface area (Å²) >= 11 is 1.29. The van der Waals surface area contributed by atoms with Crippen LogP contribution in [0.15, 0.2) is 68.1 Å². The molecule has 0 saturated heterocycles. The van der Waals surface area contributed by atoms with Gasteiger partial charge in [-0.3, -0.25) is 18.7 Å². The number of carbonyl (C=O) groups is 1. The number of halogens is 1. The molecule has 0 unspecified atom stereocenters. The van der Waals surface area contributed by atoms with E-state index in [9.17, 15) is 18.8 Å². The van der Waals surface area contributed by atoms with E-state index in [0.717, 1.165) is 12.8 Å². The van der Waals surface area contributed by atoms with Crippen molar-refractivity contribution in [2.75, 3.05) is 0 Å². The van der Waals surface area contributed by atoms with E-state index in [1.54, 1.807) is 42.0 Å². The van der Waals surface area contributed by atoms with Crippen molar-refractivity contribution in [2.24, 2.45) is 11.8 Å². The van der Waals surface area contributed by atoms with Crippen LogP contribution < -0.4 is 16.6 Å². The van der Waals surface area contributed by atoms with E-state index in [2.05, 4.69) is 5.32 Å². The minimum Gasteiger partial charge on any atom is -0.467 e. The molecule has 3 aromatic heterocycles. The van der Waals surface area contributed by atoms with Crippen LogP contribution in [-0.2, 0) is 24.4 Å². The van der Waals surface area contributed by atoms with Crippen LogP contribution in [0.5, 0.6) is 0 Å². The van der Waals surface area contributed by atoms with Gasteiger partial charge in [-0.25, -0.2) is 9.18 Å². The highest BCUT2D eigenvalue weighted by Crippen LogP contribution is 2.30. The number of thiophene rings is 1. The fourth-order valence-electron chi connectivity index (χ4n) is 4.84. The van der Waals surface area contributed by atoms with Gasteiger partial charge in [0.1, 0.15) is 16.3 Å². The lowest BCUT2D eigenvalue weighted by Gasteiger charge is -2.28. The molecule has 182 valence electrons. The monoisotopic (exact) mass is 495 g/mol. The highest BCUT2D eigenvalue weighted by atomic mass is 32.1. The first-order chi connectivity index (χ1) is 17.0. The predicted octanol–water partition coefficient (Wildman–Crippen LogP) is 4.13. The van der Waals surface area contributed by atoms with Gasteiger partial charge in [-0.05, 0) is 61.2 Å². The number of benzene rings is 1. The predicted molar refractivity (Wildman–Crippen MR) is 132 cm³/mol. The Labute approximate surface area is 204 Å². The largest absolute Gasteiger partial charge is 0.467 e. The second kappa shape index (κ2) is 10.0. The van der Waals surface area contributed by atoms with Gasteiger partial charge in [0, 0.05) is 18.0 Å². The molecule has 4 aromatic rings. The topological polar surface area (TPSA) is 86.2 Å². The molecule has 5 rings (SSSR count). The van der Waals surface area contributed by atoms with Crippen LogP contribution >= 0.6 is 11.3 Å². The van der Waals surface area contributed by atoms with Gasteiger partial charge >= 0.3 is 5.69 Å². The number of nitrogens with one attached hydrogen (secondary N) is 1. The zero-order chi connectivity index (χ0) is 24.4. The molecule has 3 heterocycles. The molecule has 1 aliphatic rings. The summed E-state index contributed by atoms with van der Waals surface area (Å²) in [6.45, 7) is 0.717. The number of carbonyl (C=O) groups excluding carboxylic acids is 1. The summed E-state index contributed by atoms with van der Waals surface area (Å²) in [6, 6.07) is 11.7. The average molecular weight is 496 g/mol. The highest BCUT2D eigenvalue weighted by Gasteiger charge is 2.28. The van der Waals surface area contributed by atoms with Crippen molar-refractivity contribution < 1.29 is 13.6 Å². The first-order valence-electron chi connectivity index (χ1n) is 11.8. The second-order valence-electron chi connectivity index (χ2n) is 9.03. The standard InChI is InChI=1S/C26H26FN3O4S/c27-21-6-2-1-4-19(21)16-29-22-11-13-35-23(22)25(32)30(26(29)33)15-17-7-9-18(10-8-17)24(31)28-14-20-5-3-12-34-20/h1-6,11-13,17-18H,7-10,14-16H2,(H,28,31). The van der Waals surface area contributed by atoms with E-state index in [1.807, 2.05) is 6.07 Å². The number of furan rings is 1. The molecule has 7 nitrogen and oxygen atoms in total. The van der Waals surface area contributed by atoms with Crippen molar-refractivity contribution >= 4 is 27.5 Å². The van der Waals surface area contributed by atoms with E-state index in [-0.39, 0.29) is 35.7 Å². The first-order valence-corrected chi connectivity index (χ1v) is 12.6. The number of amides is 1. The normalized spacial score (nSPS) is 18.1. The lowest BCUT2D eigenvalue weighted by molar-refractivity contribution is -0.126. The van der Waals surface area contributed by atoms with Crippen LogP contribution in [0.25, 0.3) is 10.2 Å². The Kier molecular flexibility index (Phi) is 6.68. The smallest absolute Gasteiger partial charge is 0.331 e. The quantitative estimate of drug-likeness (QED) is 0.418. The van der Waals surface area contributed by atoms with Crippen molar-refractivity contribution in [2.45, 2.75) is 45.3 Å². The van der Waals surface area contributed by atoms with Gasteiger partial charge in [-0.15, -0.1) is 11.3 Å². The summed E-state index contributed by atoms with van der Waals surface area (Å²) in [5.41, 5.74) is 0.195. The molecule has 35 heavy (non-hydrogen) atoms. The molecule has 1 amide bonds. The number of fused-ring (bicyclic) bond motifs is 1. The Balaban J connectivity index is 1.31. The molecule has 1 fully saturated rings.